The molecule has 0 fully saturated rings. The van der Waals surface area contributed by atoms with Gasteiger partial charge in [-0.25, -0.2) is 4.79 Å². The van der Waals surface area contributed by atoms with Crippen LogP contribution in [0.4, 0.5) is 3.89 Å². The highest BCUT2D eigenvalue weighted by Crippen LogP contribution is 2.25. The van der Waals surface area contributed by atoms with Crippen molar-refractivity contribution in [3.05, 3.63) is 28.2 Å². The number of halogens is 2. The van der Waals surface area contributed by atoms with E-state index in [4.69, 9.17) is 4.74 Å². The third-order valence-electron chi connectivity index (χ3n) is 1.71. The zero-order chi connectivity index (χ0) is 12.3. The molecule has 0 saturated heterocycles. The molecule has 0 amide bonds. The Kier molecular flexibility index (Phi) is 4.03. The summed E-state index contributed by atoms with van der Waals surface area (Å²) in [7, 11) is -4.79. The summed E-state index contributed by atoms with van der Waals surface area (Å²) in [5, 5.41) is 0. The van der Waals surface area contributed by atoms with Gasteiger partial charge in [-0.05, 0) is 41.1 Å². The van der Waals surface area contributed by atoms with E-state index in [0.717, 1.165) is 6.07 Å². The fraction of sp³-hybridized carbons (Fsp3) is 0.222. The van der Waals surface area contributed by atoms with Crippen LogP contribution in [-0.2, 0) is 15.0 Å². The predicted molar refractivity (Wildman–Crippen MR) is 58.4 cm³/mol. The highest BCUT2D eigenvalue weighted by atomic mass is 79.9. The molecule has 0 aliphatic rings. The minimum absolute atomic E-state index is 0.0134. The molecule has 0 atom stereocenters. The molecule has 16 heavy (non-hydrogen) atoms. The second-order valence-electron chi connectivity index (χ2n) is 2.80. The van der Waals surface area contributed by atoms with E-state index in [1.807, 2.05) is 0 Å². The molecule has 1 aromatic rings. The number of rotatable bonds is 3. The molecule has 0 radical (unpaired) electrons. The molecule has 0 aliphatic carbocycles. The van der Waals surface area contributed by atoms with Crippen LogP contribution in [0.25, 0.3) is 0 Å². The van der Waals surface area contributed by atoms with Crippen LogP contribution in [0, 0.1) is 0 Å². The summed E-state index contributed by atoms with van der Waals surface area (Å²) in [6, 6.07) is 3.39. The predicted octanol–water partition coefficient (Wildman–Crippen LogP) is 2.28. The second-order valence-corrected chi connectivity index (χ2v) is 4.97. The summed E-state index contributed by atoms with van der Waals surface area (Å²) in [5.74, 6) is -0.592. The number of hydrogen-bond donors (Lipinski definition) is 0. The summed E-state index contributed by atoms with van der Waals surface area (Å²) in [4.78, 5) is 10.8. The topological polar surface area (TPSA) is 60.4 Å². The summed E-state index contributed by atoms with van der Waals surface area (Å²) >= 11 is 2.88. The molecule has 1 aromatic carbocycles. The van der Waals surface area contributed by atoms with Gasteiger partial charge in [0.25, 0.3) is 0 Å². The minimum atomic E-state index is -4.79. The van der Waals surface area contributed by atoms with Crippen molar-refractivity contribution < 1.29 is 21.8 Å². The summed E-state index contributed by atoms with van der Waals surface area (Å²) in [6.07, 6.45) is 0. The van der Waals surface area contributed by atoms with Gasteiger partial charge < -0.3 is 4.74 Å². The Hall–Kier alpha value is -0.950. The lowest BCUT2D eigenvalue weighted by molar-refractivity contribution is 0.0526. The highest BCUT2D eigenvalue weighted by molar-refractivity contribution is 9.10. The van der Waals surface area contributed by atoms with E-state index < -0.39 is 21.1 Å². The van der Waals surface area contributed by atoms with Gasteiger partial charge in [-0.3, -0.25) is 0 Å². The second kappa shape index (κ2) is 4.92. The Morgan fingerprint density at radius 2 is 2.12 bits per heavy atom. The third kappa shape index (κ3) is 3.02. The van der Waals surface area contributed by atoms with Crippen LogP contribution >= 0.6 is 15.9 Å². The van der Waals surface area contributed by atoms with Gasteiger partial charge >= 0.3 is 16.2 Å². The van der Waals surface area contributed by atoms with Crippen LogP contribution in [0.2, 0.25) is 0 Å². The quantitative estimate of drug-likeness (QED) is 0.635. The van der Waals surface area contributed by atoms with E-state index in [0.29, 0.717) is 0 Å². The Morgan fingerprint density at radius 3 is 2.56 bits per heavy atom. The van der Waals surface area contributed by atoms with E-state index in [2.05, 4.69) is 15.9 Å². The lowest BCUT2D eigenvalue weighted by atomic mass is 10.2. The van der Waals surface area contributed by atoms with Gasteiger partial charge in [-0.2, -0.15) is 8.42 Å². The molecule has 0 aliphatic heterocycles. The molecule has 0 saturated carbocycles. The zero-order valence-corrected chi connectivity index (χ0v) is 10.6. The van der Waals surface area contributed by atoms with Crippen LogP contribution < -0.4 is 0 Å². The number of benzene rings is 1. The first-order valence-corrected chi connectivity index (χ1v) is 6.45. The molecule has 88 valence electrons. The van der Waals surface area contributed by atoms with E-state index in [1.54, 1.807) is 6.92 Å². The number of carbonyl (C=O) groups excluding carboxylic acids is 1. The minimum Gasteiger partial charge on any atom is -0.462 e. The van der Waals surface area contributed by atoms with E-state index in [9.17, 15) is 17.1 Å². The van der Waals surface area contributed by atoms with E-state index >= 15 is 0 Å². The lowest BCUT2D eigenvalue weighted by Gasteiger charge is -2.04. The first-order valence-electron chi connectivity index (χ1n) is 4.27. The normalized spacial score (nSPS) is 11.2. The Labute approximate surface area is 101 Å². The number of ether oxygens (including phenoxy) is 1. The van der Waals surface area contributed by atoms with Gasteiger partial charge in [0.05, 0.1) is 12.2 Å². The van der Waals surface area contributed by atoms with Crippen LogP contribution in [-0.4, -0.2) is 21.0 Å². The molecule has 7 heteroatoms. The maximum atomic E-state index is 12.7. The van der Waals surface area contributed by atoms with Crippen molar-refractivity contribution in [1.82, 2.24) is 0 Å². The van der Waals surface area contributed by atoms with Gasteiger partial charge in [0.2, 0.25) is 0 Å². The van der Waals surface area contributed by atoms with Gasteiger partial charge in [0.1, 0.15) is 4.90 Å². The highest BCUT2D eigenvalue weighted by Gasteiger charge is 2.18. The molecular formula is C9H8BrFO4S. The van der Waals surface area contributed by atoms with E-state index in [-0.39, 0.29) is 16.6 Å². The average molecular weight is 311 g/mol. The zero-order valence-electron chi connectivity index (χ0n) is 8.24. The maximum absolute atomic E-state index is 12.7. The van der Waals surface area contributed by atoms with Crippen molar-refractivity contribution in [3.8, 4) is 0 Å². The molecule has 0 heterocycles. The molecule has 4 nitrogen and oxygen atoms in total. The Bertz CT molecular complexity index is 512. The largest absolute Gasteiger partial charge is 0.462 e. The standard InChI is InChI=1S/C9H8BrFO4S/c1-2-15-9(12)6-3-4-8(7(10)5-6)16(11,13)14/h3-5H,2H2,1H3. The Morgan fingerprint density at radius 1 is 1.50 bits per heavy atom. The van der Waals surface area contributed by atoms with Gasteiger partial charge in [-0.15, -0.1) is 3.89 Å². The van der Waals surface area contributed by atoms with Crippen LogP contribution in [0.3, 0.4) is 0 Å². The van der Waals surface area contributed by atoms with Crippen LogP contribution in [0.1, 0.15) is 17.3 Å². The first kappa shape index (κ1) is 13.1. The van der Waals surface area contributed by atoms with Crippen molar-refractivity contribution in [2.75, 3.05) is 6.61 Å². The summed E-state index contributed by atoms with van der Waals surface area (Å²) in [6.45, 7) is 1.85. The third-order valence-corrected chi connectivity index (χ3v) is 3.51. The number of carbonyl (C=O) groups is 1. The van der Waals surface area contributed by atoms with Crippen molar-refractivity contribution in [2.24, 2.45) is 0 Å². The number of esters is 1. The molecule has 1 rings (SSSR count). The van der Waals surface area contributed by atoms with Crippen molar-refractivity contribution in [1.29, 1.82) is 0 Å². The Balaban J connectivity index is 3.14. The van der Waals surface area contributed by atoms with Crippen molar-refractivity contribution >= 4 is 32.1 Å². The van der Waals surface area contributed by atoms with Crippen molar-refractivity contribution in [2.45, 2.75) is 11.8 Å². The van der Waals surface area contributed by atoms with E-state index in [1.165, 1.54) is 12.1 Å². The summed E-state index contributed by atoms with van der Waals surface area (Å²) < 4.78 is 38.7. The molecule has 0 aromatic heterocycles. The van der Waals surface area contributed by atoms with Gasteiger partial charge in [0.15, 0.2) is 0 Å². The number of hydrogen-bond acceptors (Lipinski definition) is 4. The molecule has 0 spiro atoms. The smallest absolute Gasteiger partial charge is 0.338 e. The molecule has 0 bridgehead atoms. The average Bonchev–Trinajstić information content (AvgIpc) is 2.16. The SMILES string of the molecule is CCOC(=O)c1ccc(S(=O)(=O)F)c(Br)c1. The van der Waals surface area contributed by atoms with Gasteiger partial charge in [-0.1, -0.05) is 0 Å². The lowest BCUT2D eigenvalue weighted by Crippen LogP contribution is -2.05. The fourth-order valence-electron chi connectivity index (χ4n) is 1.04. The van der Waals surface area contributed by atoms with Crippen LogP contribution in [0.5, 0.6) is 0 Å². The maximum Gasteiger partial charge on any atom is 0.338 e. The first-order chi connectivity index (χ1) is 7.36. The summed E-state index contributed by atoms with van der Waals surface area (Å²) in [5.41, 5.74) is 0.154. The fourth-order valence-corrected chi connectivity index (χ4v) is 2.52. The molecular weight excluding hydrogens is 303 g/mol. The van der Waals surface area contributed by atoms with Gasteiger partial charge in [0, 0.05) is 4.47 Å². The molecule has 0 N–H and O–H groups in total. The van der Waals surface area contributed by atoms with Crippen molar-refractivity contribution in [3.63, 3.8) is 0 Å². The monoisotopic (exact) mass is 310 g/mol. The van der Waals surface area contributed by atoms with Crippen LogP contribution in [0.15, 0.2) is 27.6 Å². The molecule has 0 unspecified atom stereocenters.